The first-order valence-electron chi connectivity index (χ1n) is 6.92. The normalized spacial score (nSPS) is 16.0. The fourth-order valence-electron chi connectivity index (χ4n) is 2.65. The lowest BCUT2D eigenvalue weighted by Gasteiger charge is -2.22. The molecule has 1 amide bonds. The second kappa shape index (κ2) is 5.84. The standard InChI is InChI=1S/C17H17NO2S/c19-16(6-5-13-7-8-21-11-13)18-12-17(20)9-14-3-1-2-4-15(14)10-17/h1-8,11,20H,9-10,12H2,(H,18,19)/b6-5+. The number of fused-ring (bicyclic) bond motifs is 1. The van der Waals surface area contributed by atoms with Crippen LogP contribution in [0.4, 0.5) is 0 Å². The highest BCUT2D eigenvalue weighted by molar-refractivity contribution is 7.08. The van der Waals surface area contributed by atoms with Crippen molar-refractivity contribution in [2.75, 3.05) is 6.54 Å². The smallest absolute Gasteiger partial charge is 0.244 e. The number of thiophene rings is 1. The minimum Gasteiger partial charge on any atom is -0.387 e. The van der Waals surface area contributed by atoms with E-state index < -0.39 is 5.60 Å². The quantitative estimate of drug-likeness (QED) is 0.852. The van der Waals surface area contributed by atoms with Gasteiger partial charge in [0, 0.05) is 25.5 Å². The first-order valence-corrected chi connectivity index (χ1v) is 7.86. The molecular formula is C17H17NO2S. The number of carbonyl (C=O) groups is 1. The zero-order valence-corrected chi connectivity index (χ0v) is 12.4. The van der Waals surface area contributed by atoms with Gasteiger partial charge in [-0.05, 0) is 39.6 Å². The van der Waals surface area contributed by atoms with E-state index in [1.54, 1.807) is 17.4 Å². The van der Waals surface area contributed by atoms with Crippen molar-refractivity contribution in [1.29, 1.82) is 0 Å². The highest BCUT2D eigenvalue weighted by Crippen LogP contribution is 2.29. The molecule has 0 bridgehead atoms. The van der Waals surface area contributed by atoms with Crippen LogP contribution in [0.2, 0.25) is 0 Å². The molecule has 1 aromatic carbocycles. The monoisotopic (exact) mass is 299 g/mol. The van der Waals surface area contributed by atoms with Crippen LogP contribution in [0.1, 0.15) is 16.7 Å². The average molecular weight is 299 g/mol. The van der Waals surface area contributed by atoms with Gasteiger partial charge in [0.2, 0.25) is 5.91 Å². The van der Waals surface area contributed by atoms with E-state index >= 15 is 0 Å². The van der Waals surface area contributed by atoms with Crippen LogP contribution in [0.3, 0.4) is 0 Å². The van der Waals surface area contributed by atoms with E-state index in [0.29, 0.717) is 12.8 Å². The van der Waals surface area contributed by atoms with Crippen LogP contribution in [0.5, 0.6) is 0 Å². The highest BCUT2D eigenvalue weighted by atomic mass is 32.1. The van der Waals surface area contributed by atoms with Gasteiger partial charge in [-0.25, -0.2) is 0 Å². The molecule has 0 saturated carbocycles. The molecule has 0 unspecified atom stereocenters. The maximum absolute atomic E-state index is 11.8. The van der Waals surface area contributed by atoms with Gasteiger partial charge in [-0.3, -0.25) is 4.79 Å². The molecule has 0 radical (unpaired) electrons. The minimum atomic E-state index is -0.866. The van der Waals surface area contributed by atoms with Gasteiger partial charge in [-0.1, -0.05) is 24.3 Å². The van der Waals surface area contributed by atoms with Gasteiger partial charge in [0.1, 0.15) is 0 Å². The number of carbonyl (C=O) groups excluding carboxylic acids is 1. The highest BCUT2D eigenvalue weighted by Gasteiger charge is 2.34. The molecule has 1 aromatic heterocycles. The lowest BCUT2D eigenvalue weighted by Crippen LogP contribution is -2.43. The minimum absolute atomic E-state index is 0.175. The predicted molar refractivity (Wildman–Crippen MR) is 85.2 cm³/mol. The van der Waals surface area contributed by atoms with E-state index in [2.05, 4.69) is 5.32 Å². The Balaban J connectivity index is 1.55. The van der Waals surface area contributed by atoms with Gasteiger partial charge in [0.05, 0.1) is 5.60 Å². The predicted octanol–water partition coefficient (Wildman–Crippen LogP) is 2.41. The summed E-state index contributed by atoms with van der Waals surface area (Å²) < 4.78 is 0. The van der Waals surface area contributed by atoms with Gasteiger partial charge >= 0.3 is 0 Å². The number of amides is 1. The van der Waals surface area contributed by atoms with Crippen LogP contribution in [0, 0.1) is 0 Å². The Bertz CT molecular complexity index is 636. The molecule has 1 heterocycles. The first-order chi connectivity index (χ1) is 10.1. The Morgan fingerprint density at radius 2 is 2.00 bits per heavy atom. The van der Waals surface area contributed by atoms with E-state index in [4.69, 9.17) is 0 Å². The summed E-state index contributed by atoms with van der Waals surface area (Å²) in [5, 5.41) is 17.3. The first kappa shape index (κ1) is 14.0. The molecular weight excluding hydrogens is 282 g/mol. The van der Waals surface area contributed by atoms with Crippen molar-refractivity contribution < 1.29 is 9.90 Å². The van der Waals surface area contributed by atoms with Crippen LogP contribution < -0.4 is 5.32 Å². The van der Waals surface area contributed by atoms with Crippen molar-refractivity contribution in [2.45, 2.75) is 18.4 Å². The number of rotatable bonds is 4. The van der Waals surface area contributed by atoms with E-state index in [0.717, 1.165) is 5.56 Å². The number of hydrogen-bond acceptors (Lipinski definition) is 3. The third-order valence-electron chi connectivity index (χ3n) is 3.72. The summed E-state index contributed by atoms with van der Waals surface area (Å²) in [6, 6.07) is 9.98. The largest absolute Gasteiger partial charge is 0.387 e. The van der Waals surface area contributed by atoms with E-state index in [1.165, 1.54) is 17.2 Å². The van der Waals surface area contributed by atoms with E-state index in [-0.39, 0.29) is 12.5 Å². The zero-order chi connectivity index (χ0) is 14.7. The molecule has 0 spiro atoms. The van der Waals surface area contributed by atoms with Gasteiger partial charge in [0.15, 0.2) is 0 Å². The molecule has 0 fully saturated rings. The second-order valence-corrected chi connectivity index (χ2v) is 6.23. The molecule has 1 aliphatic carbocycles. The molecule has 4 heteroatoms. The summed E-state index contributed by atoms with van der Waals surface area (Å²) in [6.45, 7) is 0.272. The third kappa shape index (κ3) is 3.40. The molecule has 108 valence electrons. The SMILES string of the molecule is O=C(/C=C/c1ccsc1)NCC1(O)Cc2ccccc2C1. The van der Waals surface area contributed by atoms with Crippen LogP contribution in [0.15, 0.2) is 47.2 Å². The van der Waals surface area contributed by atoms with Gasteiger partial charge in [-0.2, -0.15) is 11.3 Å². The molecule has 0 saturated heterocycles. The maximum atomic E-state index is 11.8. The topological polar surface area (TPSA) is 49.3 Å². The van der Waals surface area contributed by atoms with Crippen LogP contribution >= 0.6 is 11.3 Å². The molecule has 0 aliphatic heterocycles. The van der Waals surface area contributed by atoms with E-state index in [9.17, 15) is 9.90 Å². The molecule has 2 aromatic rings. The van der Waals surface area contributed by atoms with Crippen LogP contribution in [0.25, 0.3) is 6.08 Å². The van der Waals surface area contributed by atoms with E-state index in [1.807, 2.05) is 41.1 Å². The number of nitrogens with one attached hydrogen (secondary N) is 1. The Labute approximate surface area is 127 Å². The molecule has 3 nitrogen and oxygen atoms in total. The third-order valence-corrected chi connectivity index (χ3v) is 4.42. The molecule has 0 atom stereocenters. The van der Waals surface area contributed by atoms with Crippen molar-refractivity contribution >= 4 is 23.3 Å². The number of hydrogen-bond donors (Lipinski definition) is 2. The zero-order valence-electron chi connectivity index (χ0n) is 11.6. The van der Waals surface area contributed by atoms with Gasteiger partial charge in [-0.15, -0.1) is 0 Å². The number of aliphatic hydroxyl groups is 1. The fourth-order valence-corrected chi connectivity index (χ4v) is 3.28. The Kier molecular flexibility index (Phi) is 3.90. The second-order valence-electron chi connectivity index (χ2n) is 5.45. The molecule has 2 N–H and O–H groups in total. The summed E-state index contributed by atoms with van der Waals surface area (Å²) in [5.74, 6) is -0.175. The summed E-state index contributed by atoms with van der Waals surface area (Å²) in [5.41, 5.74) is 2.49. The number of benzene rings is 1. The summed E-state index contributed by atoms with van der Waals surface area (Å²) >= 11 is 1.59. The summed E-state index contributed by atoms with van der Waals surface area (Å²) in [4.78, 5) is 11.8. The Morgan fingerprint density at radius 1 is 1.29 bits per heavy atom. The van der Waals surface area contributed by atoms with Crippen molar-refractivity contribution in [1.82, 2.24) is 5.32 Å². The lowest BCUT2D eigenvalue weighted by atomic mass is 10.0. The molecule has 21 heavy (non-hydrogen) atoms. The van der Waals surface area contributed by atoms with Gasteiger partial charge in [0.25, 0.3) is 0 Å². The summed E-state index contributed by atoms with van der Waals surface area (Å²) in [6.07, 6.45) is 4.47. The fraction of sp³-hybridized carbons (Fsp3) is 0.235. The van der Waals surface area contributed by atoms with Crippen molar-refractivity contribution in [3.05, 3.63) is 63.9 Å². The van der Waals surface area contributed by atoms with Gasteiger partial charge < -0.3 is 10.4 Å². The van der Waals surface area contributed by atoms with Crippen molar-refractivity contribution in [2.24, 2.45) is 0 Å². The van der Waals surface area contributed by atoms with Crippen molar-refractivity contribution in [3.8, 4) is 0 Å². The van der Waals surface area contributed by atoms with Crippen LogP contribution in [-0.2, 0) is 17.6 Å². The van der Waals surface area contributed by atoms with Crippen molar-refractivity contribution in [3.63, 3.8) is 0 Å². The molecule has 1 aliphatic rings. The summed E-state index contributed by atoms with van der Waals surface area (Å²) in [7, 11) is 0. The Morgan fingerprint density at radius 3 is 2.62 bits per heavy atom. The lowest BCUT2D eigenvalue weighted by molar-refractivity contribution is -0.117. The van der Waals surface area contributed by atoms with Crippen LogP contribution in [-0.4, -0.2) is 23.2 Å². The maximum Gasteiger partial charge on any atom is 0.244 e. The molecule has 3 rings (SSSR count). The average Bonchev–Trinajstić information content (AvgIpc) is 3.09. The Hall–Kier alpha value is -1.91.